The van der Waals surface area contributed by atoms with Crippen LogP contribution in [0.1, 0.15) is 40.2 Å². The number of pyridine rings is 1. The van der Waals surface area contributed by atoms with Crippen molar-refractivity contribution in [1.29, 1.82) is 0 Å². The Labute approximate surface area is 105 Å². The summed E-state index contributed by atoms with van der Waals surface area (Å²) in [6, 6.07) is 2.04. The molecule has 1 aromatic rings. The molecule has 96 valence electrons. The molecule has 1 aromatic heterocycles. The van der Waals surface area contributed by atoms with Crippen molar-refractivity contribution in [1.82, 2.24) is 10.3 Å². The number of hydrogen-bond acceptors (Lipinski definition) is 3. The molecule has 0 aromatic carbocycles. The molecular formula is C14H25N3. The third-order valence-corrected chi connectivity index (χ3v) is 2.28. The number of nitrogens with one attached hydrogen (secondary N) is 2. The molecular weight excluding hydrogens is 210 g/mol. The van der Waals surface area contributed by atoms with Gasteiger partial charge in [-0.1, -0.05) is 13.8 Å². The second-order valence-electron chi connectivity index (χ2n) is 5.93. The molecule has 17 heavy (non-hydrogen) atoms. The Morgan fingerprint density at radius 2 is 2.00 bits per heavy atom. The molecule has 0 amide bonds. The molecule has 0 fully saturated rings. The molecule has 3 nitrogen and oxygen atoms in total. The van der Waals surface area contributed by atoms with Gasteiger partial charge >= 0.3 is 0 Å². The summed E-state index contributed by atoms with van der Waals surface area (Å²) in [7, 11) is 0. The maximum absolute atomic E-state index is 4.19. The van der Waals surface area contributed by atoms with Crippen molar-refractivity contribution in [3.8, 4) is 0 Å². The highest BCUT2D eigenvalue weighted by atomic mass is 15.0. The summed E-state index contributed by atoms with van der Waals surface area (Å²) in [5.74, 6) is 0.672. The summed E-state index contributed by atoms with van der Waals surface area (Å²) >= 11 is 0. The maximum atomic E-state index is 4.19. The Kier molecular flexibility index (Phi) is 4.94. The Bertz CT molecular complexity index is 340. The average molecular weight is 235 g/mol. The molecule has 0 bridgehead atoms. The number of anilines is 1. The highest BCUT2D eigenvalue weighted by molar-refractivity contribution is 5.50. The van der Waals surface area contributed by atoms with Crippen LogP contribution in [-0.4, -0.2) is 17.1 Å². The molecule has 1 heterocycles. The molecule has 0 saturated carbocycles. The monoisotopic (exact) mass is 235 g/mol. The maximum Gasteiger partial charge on any atom is 0.0420 e. The van der Waals surface area contributed by atoms with Crippen LogP contribution in [0.2, 0.25) is 0 Å². The fourth-order valence-electron chi connectivity index (χ4n) is 1.59. The summed E-state index contributed by atoms with van der Waals surface area (Å²) in [5.41, 5.74) is 2.47. The van der Waals surface area contributed by atoms with Crippen LogP contribution in [0.3, 0.4) is 0 Å². The predicted octanol–water partition coefficient (Wildman–Crippen LogP) is 3.04. The van der Waals surface area contributed by atoms with E-state index in [0.717, 1.165) is 13.1 Å². The van der Waals surface area contributed by atoms with Gasteiger partial charge in [0.05, 0.1) is 0 Å². The molecule has 2 N–H and O–H groups in total. The van der Waals surface area contributed by atoms with E-state index in [4.69, 9.17) is 0 Å². The Hall–Kier alpha value is -1.09. The van der Waals surface area contributed by atoms with Crippen LogP contribution < -0.4 is 10.6 Å². The van der Waals surface area contributed by atoms with Gasteiger partial charge in [-0.3, -0.25) is 4.98 Å². The van der Waals surface area contributed by atoms with Gasteiger partial charge in [-0.05, 0) is 39.3 Å². The quantitative estimate of drug-likeness (QED) is 0.823. The Morgan fingerprint density at radius 1 is 1.29 bits per heavy atom. The molecule has 0 aliphatic heterocycles. The molecule has 0 aliphatic carbocycles. The first-order valence-corrected chi connectivity index (χ1v) is 6.30. The molecule has 0 atom stereocenters. The van der Waals surface area contributed by atoms with E-state index in [1.807, 2.05) is 18.5 Å². The van der Waals surface area contributed by atoms with Gasteiger partial charge in [0.15, 0.2) is 0 Å². The summed E-state index contributed by atoms with van der Waals surface area (Å²) < 4.78 is 0. The third-order valence-electron chi connectivity index (χ3n) is 2.28. The van der Waals surface area contributed by atoms with Gasteiger partial charge in [-0.15, -0.1) is 0 Å². The van der Waals surface area contributed by atoms with Crippen LogP contribution in [0, 0.1) is 5.92 Å². The van der Waals surface area contributed by atoms with Gasteiger partial charge in [0, 0.05) is 35.7 Å². The van der Waals surface area contributed by atoms with Crippen molar-refractivity contribution < 1.29 is 0 Å². The number of rotatable bonds is 5. The van der Waals surface area contributed by atoms with E-state index in [2.05, 4.69) is 50.2 Å². The highest BCUT2D eigenvalue weighted by Gasteiger charge is 2.11. The lowest BCUT2D eigenvalue weighted by Crippen LogP contribution is -2.28. The number of hydrogen-bond donors (Lipinski definition) is 2. The first kappa shape index (κ1) is 14.0. The van der Waals surface area contributed by atoms with Gasteiger partial charge in [0.1, 0.15) is 0 Å². The lowest BCUT2D eigenvalue weighted by molar-refractivity contribution is 0.551. The zero-order valence-electron chi connectivity index (χ0n) is 11.7. The van der Waals surface area contributed by atoms with E-state index in [1.165, 1.54) is 11.3 Å². The zero-order valence-corrected chi connectivity index (χ0v) is 11.7. The lowest BCUT2D eigenvalue weighted by Gasteiger charge is -2.24. The summed E-state index contributed by atoms with van der Waals surface area (Å²) in [4.78, 5) is 4.19. The van der Waals surface area contributed by atoms with Gasteiger partial charge in [-0.25, -0.2) is 0 Å². The average Bonchev–Trinajstić information content (AvgIpc) is 2.17. The van der Waals surface area contributed by atoms with Crippen LogP contribution in [0.4, 0.5) is 5.69 Å². The van der Waals surface area contributed by atoms with Crippen LogP contribution in [0.5, 0.6) is 0 Å². The lowest BCUT2D eigenvalue weighted by atomic mass is 10.1. The Balaban J connectivity index is 2.64. The summed E-state index contributed by atoms with van der Waals surface area (Å²) in [6.45, 7) is 12.8. The smallest absolute Gasteiger partial charge is 0.0420 e. The number of nitrogens with zero attached hydrogens (tertiary/aromatic N) is 1. The van der Waals surface area contributed by atoms with Crippen LogP contribution >= 0.6 is 0 Å². The fourth-order valence-corrected chi connectivity index (χ4v) is 1.59. The van der Waals surface area contributed by atoms with Gasteiger partial charge in [0.25, 0.3) is 0 Å². The first-order valence-electron chi connectivity index (χ1n) is 6.30. The minimum Gasteiger partial charge on any atom is -0.380 e. The molecule has 0 saturated heterocycles. The van der Waals surface area contributed by atoms with Crippen molar-refractivity contribution in [3.63, 3.8) is 0 Å². The van der Waals surface area contributed by atoms with Crippen molar-refractivity contribution in [2.24, 2.45) is 5.92 Å². The Morgan fingerprint density at radius 3 is 2.59 bits per heavy atom. The van der Waals surface area contributed by atoms with E-state index in [-0.39, 0.29) is 5.54 Å². The molecule has 0 unspecified atom stereocenters. The standard InChI is InChI=1S/C14H25N3/c1-11(2)8-16-10-12-9-15-7-6-13(12)17-14(3,4)5/h6-7,9,11,16H,8,10H2,1-5H3,(H,15,17). The summed E-state index contributed by atoms with van der Waals surface area (Å²) in [5, 5.41) is 6.96. The minimum absolute atomic E-state index is 0.0775. The van der Waals surface area contributed by atoms with E-state index < -0.39 is 0 Å². The van der Waals surface area contributed by atoms with Gasteiger partial charge in [0.2, 0.25) is 0 Å². The van der Waals surface area contributed by atoms with Crippen molar-refractivity contribution in [2.45, 2.75) is 46.7 Å². The van der Waals surface area contributed by atoms with Crippen LogP contribution in [0.25, 0.3) is 0 Å². The topological polar surface area (TPSA) is 37.0 Å². The molecule has 0 aliphatic rings. The second kappa shape index (κ2) is 6.01. The highest BCUT2D eigenvalue weighted by Crippen LogP contribution is 2.18. The molecule has 0 radical (unpaired) electrons. The zero-order chi connectivity index (χ0) is 12.9. The summed E-state index contributed by atoms with van der Waals surface area (Å²) in [6.07, 6.45) is 3.77. The molecule has 1 rings (SSSR count). The predicted molar refractivity (Wildman–Crippen MR) is 74.2 cm³/mol. The molecule has 3 heteroatoms. The minimum atomic E-state index is 0.0775. The second-order valence-corrected chi connectivity index (χ2v) is 5.93. The largest absolute Gasteiger partial charge is 0.380 e. The van der Waals surface area contributed by atoms with Crippen molar-refractivity contribution >= 4 is 5.69 Å². The third kappa shape index (κ3) is 5.68. The van der Waals surface area contributed by atoms with Crippen molar-refractivity contribution in [2.75, 3.05) is 11.9 Å². The van der Waals surface area contributed by atoms with E-state index in [1.54, 1.807) is 0 Å². The fraction of sp³-hybridized carbons (Fsp3) is 0.643. The SMILES string of the molecule is CC(C)CNCc1cnccc1NC(C)(C)C. The first-order chi connectivity index (χ1) is 7.88. The van der Waals surface area contributed by atoms with Crippen LogP contribution in [0.15, 0.2) is 18.5 Å². The van der Waals surface area contributed by atoms with Gasteiger partial charge < -0.3 is 10.6 Å². The van der Waals surface area contributed by atoms with E-state index in [9.17, 15) is 0 Å². The van der Waals surface area contributed by atoms with E-state index in [0.29, 0.717) is 5.92 Å². The number of aromatic nitrogens is 1. The molecule has 0 spiro atoms. The van der Waals surface area contributed by atoms with Crippen molar-refractivity contribution in [3.05, 3.63) is 24.0 Å². The van der Waals surface area contributed by atoms with E-state index >= 15 is 0 Å². The van der Waals surface area contributed by atoms with Crippen LogP contribution in [-0.2, 0) is 6.54 Å². The normalized spacial score (nSPS) is 11.9. The van der Waals surface area contributed by atoms with Gasteiger partial charge in [-0.2, -0.15) is 0 Å².